The zero-order chi connectivity index (χ0) is 27.7. The number of rotatable bonds is 15. The van der Waals surface area contributed by atoms with Crippen molar-refractivity contribution in [2.75, 3.05) is 32.8 Å². The lowest BCUT2D eigenvalue weighted by atomic mass is 10.1. The Morgan fingerprint density at radius 3 is 2.65 bits per heavy atom. The molecular weight excluding hydrogens is 494 g/mol. The lowest BCUT2D eigenvalue weighted by molar-refractivity contribution is 0.247. The maximum Gasteiger partial charge on any atom is 0.119 e. The molecule has 1 saturated carbocycles. The average molecular weight is 542 g/mol. The highest BCUT2D eigenvalue weighted by atomic mass is 16.5. The fourth-order valence-corrected chi connectivity index (χ4v) is 5.80. The topological polar surface area (TPSA) is 37.0 Å². The summed E-state index contributed by atoms with van der Waals surface area (Å²) in [5.41, 5.74) is 5.00. The summed E-state index contributed by atoms with van der Waals surface area (Å²) in [6.45, 7) is 11.4. The summed E-state index contributed by atoms with van der Waals surface area (Å²) in [6, 6.07) is 8.53. The molecule has 3 unspecified atom stereocenters. The number of unbranched alkanes of at least 4 members (excludes halogenated alkanes) is 1. The van der Waals surface area contributed by atoms with E-state index in [1.165, 1.54) is 36.1 Å². The van der Waals surface area contributed by atoms with Crippen molar-refractivity contribution in [3.8, 4) is 5.75 Å². The van der Waals surface area contributed by atoms with Gasteiger partial charge in [-0.15, -0.1) is 0 Å². The van der Waals surface area contributed by atoms with Crippen LogP contribution in [-0.4, -0.2) is 48.8 Å². The first-order valence-electron chi connectivity index (χ1n) is 15.5. The summed E-state index contributed by atoms with van der Waals surface area (Å²) in [4.78, 5) is 4.84. The van der Waals surface area contributed by atoms with Crippen LogP contribution in [0.4, 0.5) is 0 Å². The van der Waals surface area contributed by atoms with Crippen LogP contribution in [0.2, 0.25) is 0 Å². The standard InChI is InChI=1S/C35H47N3O2/c1-4-7-15-35-36-34(27-16-19-32(20-17-27)39-23-10-22-37(5-2)6-3)25-38(35)30-13-9-14-31(21-18-30)40-26-29-12-8-11-28-24-33(28)29/h8,11-14,16-21,25,28,33,35-36H,4-7,9-10,15,22-24,26H2,1-3H3. The number of hydrogen-bond acceptors (Lipinski definition) is 5. The number of ether oxygens (including phenoxy) is 2. The Kier molecular flexibility index (Phi) is 9.88. The molecule has 1 aromatic carbocycles. The molecule has 0 radical (unpaired) electrons. The van der Waals surface area contributed by atoms with Gasteiger partial charge in [0.05, 0.1) is 12.3 Å². The predicted octanol–water partition coefficient (Wildman–Crippen LogP) is 7.39. The molecule has 0 spiro atoms. The second-order valence-electron chi connectivity index (χ2n) is 11.2. The van der Waals surface area contributed by atoms with Gasteiger partial charge in [-0.1, -0.05) is 51.5 Å². The minimum Gasteiger partial charge on any atom is -0.494 e. The second kappa shape index (κ2) is 13.9. The van der Waals surface area contributed by atoms with Crippen LogP contribution in [0.15, 0.2) is 90.0 Å². The van der Waals surface area contributed by atoms with Crippen LogP contribution in [0.5, 0.6) is 5.75 Å². The molecule has 5 nitrogen and oxygen atoms in total. The summed E-state index contributed by atoms with van der Waals surface area (Å²) in [6.07, 6.45) is 24.8. The Labute approximate surface area is 241 Å². The van der Waals surface area contributed by atoms with E-state index in [2.05, 4.69) is 109 Å². The first-order valence-corrected chi connectivity index (χ1v) is 15.5. The zero-order valence-corrected chi connectivity index (χ0v) is 24.6. The van der Waals surface area contributed by atoms with E-state index in [0.29, 0.717) is 12.5 Å². The third-order valence-corrected chi connectivity index (χ3v) is 8.46. The molecule has 0 aromatic heterocycles. The largest absolute Gasteiger partial charge is 0.494 e. The van der Waals surface area contributed by atoms with Crippen molar-refractivity contribution in [2.24, 2.45) is 11.8 Å². The molecular formula is C35H47N3O2. The van der Waals surface area contributed by atoms with E-state index in [4.69, 9.17) is 9.47 Å². The minimum atomic E-state index is 0.246. The molecule has 1 aromatic rings. The number of benzene rings is 1. The Balaban J connectivity index is 1.18. The minimum absolute atomic E-state index is 0.246. The maximum atomic E-state index is 6.24. The van der Waals surface area contributed by atoms with Crippen molar-refractivity contribution in [1.82, 2.24) is 15.1 Å². The van der Waals surface area contributed by atoms with Gasteiger partial charge in [0.15, 0.2) is 0 Å². The second-order valence-corrected chi connectivity index (χ2v) is 11.2. The van der Waals surface area contributed by atoms with E-state index < -0.39 is 0 Å². The van der Waals surface area contributed by atoms with Crippen LogP contribution in [0.25, 0.3) is 5.70 Å². The monoisotopic (exact) mass is 541 g/mol. The number of hydrogen-bond donors (Lipinski definition) is 1. The summed E-state index contributed by atoms with van der Waals surface area (Å²) in [7, 11) is 0. The van der Waals surface area contributed by atoms with E-state index in [1.54, 1.807) is 0 Å². The molecule has 0 bridgehead atoms. The highest BCUT2D eigenvalue weighted by molar-refractivity contribution is 5.67. The van der Waals surface area contributed by atoms with E-state index in [9.17, 15) is 0 Å². The molecule has 40 heavy (non-hydrogen) atoms. The van der Waals surface area contributed by atoms with Gasteiger partial charge in [0, 0.05) is 18.4 Å². The number of allylic oxidation sites excluding steroid dienone is 7. The van der Waals surface area contributed by atoms with Crippen LogP contribution in [-0.2, 0) is 4.74 Å². The average Bonchev–Trinajstić information content (AvgIpc) is 3.73. The van der Waals surface area contributed by atoms with Crippen LogP contribution in [0, 0.1) is 11.8 Å². The lowest BCUT2D eigenvalue weighted by Gasteiger charge is -2.26. The van der Waals surface area contributed by atoms with Gasteiger partial charge in [-0.25, -0.2) is 0 Å². The SMILES string of the molecule is CCCCC1NC(c2ccc(OCCCN(CC)CC)cc2)=CN1C1=CCC=C(OCC2=CC=CC3CC23)C=C1. The molecule has 1 fully saturated rings. The van der Waals surface area contributed by atoms with Gasteiger partial charge >= 0.3 is 0 Å². The fraction of sp³-hybridized carbons (Fsp3) is 0.486. The molecule has 5 heteroatoms. The molecule has 3 atom stereocenters. The van der Waals surface area contributed by atoms with Gasteiger partial charge in [0.1, 0.15) is 24.3 Å². The summed E-state index contributed by atoms with van der Waals surface area (Å²) >= 11 is 0. The van der Waals surface area contributed by atoms with Crippen molar-refractivity contribution >= 4 is 5.70 Å². The third-order valence-electron chi connectivity index (χ3n) is 8.46. The van der Waals surface area contributed by atoms with Gasteiger partial charge in [-0.05, 0) is 111 Å². The molecule has 3 aliphatic carbocycles. The van der Waals surface area contributed by atoms with Crippen molar-refractivity contribution in [2.45, 2.75) is 65.5 Å². The van der Waals surface area contributed by atoms with Crippen molar-refractivity contribution < 1.29 is 9.47 Å². The molecule has 1 heterocycles. The van der Waals surface area contributed by atoms with Crippen LogP contribution in [0.3, 0.4) is 0 Å². The Bertz CT molecular complexity index is 1170. The molecule has 0 saturated heterocycles. The number of fused-ring (bicyclic) bond motifs is 1. The number of nitrogens with one attached hydrogen (secondary N) is 1. The van der Waals surface area contributed by atoms with Crippen LogP contribution >= 0.6 is 0 Å². The van der Waals surface area contributed by atoms with E-state index in [0.717, 1.165) is 68.6 Å². The summed E-state index contributed by atoms with van der Waals surface area (Å²) in [5.74, 6) is 3.37. The molecule has 1 aliphatic heterocycles. The quantitative estimate of drug-likeness (QED) is 0.234. The zero-order valence-electron chi connectivity index (χ0n) is 24.6. The smallest absolute Gasteiger partial charge is 0.119 e. The van der Waals surface area contributed by atoms with Crippen molar-refractivity contribution in [3.05, 3.63) is 95.6 Å². The van der Waals surface area contributed by atoms with Crippen LogP contribution in [0.1, 0.15) is 64.9 Å². The maximum absolute atomic E-state index is 6.24. The van der Waals surface area contributed by atoms with Crippen molar-refractivity contribution in [1.29, 1.82) is 0 Å². The third kappa shape index (κ3) is 7.31. The van der Waals surface area contributed by atoms with E-state index in [-0.39, 0.29) is 6.17 Å². The molecule has 4 aliphatic rings. The Morgan fingerprint density at radius 1 is 1.00 bits per heavy atom. The highest BCUT2D eigenvalue weighted by Crippen LogP contribution is 2.47. The molecule has 0 amide bonds. The van der Waals surface area contributed by atoms with Crippen molar-refractivity contribution in [3.63, 3.8) is 0 Å². The van der Waals surface area contributed by atoms with Gasteiger partial charge in [0.2, 0.25) is 0 Å². The van der Waals surface area contributed by atoms with Gasteiger partial charge in [-0.3, -0.25) is 0 Å². The predicted molar refractivity (Wildman–Crippen MR) is 165 cm³/mol. The molecule has 5 rings (SSSR count). The number of nitrogens with zero attached hydrogens (tertiary/aromatic N) is 2. The first-order chi connectivity index (χ1) is 19.7. The van der Waals surface area contributed by atoms with Gasteiger partial charge in [-0.2, -0.15) is 0 Å². The summed E-state index contributed by atoms with van der Waals surface area (Å²) in [5, 5.41) is 3.80. The normalized spacial score (nSPS) is 23.1. The fourth-order valence-electron chi connectivity index (χ4n) is 5.80. The van der Waals surface area contributed by atoms with E-state index in [1.807, 2.05) is 0 Å². The van der Waals surface area contributed by atoms with E-state index >= 15 is 0 Å². The molecule has 214 valence electrons. The Hall–Kier alpha value is -3.18. The molecule has 1 N–H and O–H groups in total. The Morgan fingerprint density at radius 2 is 1.85 bits per heavy atom. The van der Waals surface area contributed by atoms with Gasteiger partial charge < -0.3 is 24.6 Å². The highest BCUT2D eigenvalue weighted by Gasteiger charge is 2.39. The lowest BCUT2D eigenvalue weighted by Crippen LogP contribution is -2.35. The van der Waals surface area contributed by atoms with Gasteiger partial charge in [0.25, 0.3) is 0 Å². The van der Waals surface area contributed by atoms with Crippen LogP contribution < -0.4 is 10.1 Å². The first kappa shape index (κ1) is 28.4. The summed E-state index contributed by atoms with van der Waals surface area (Å²) < 4.78 is 12.3.